The number of aliphatic hydroxyl groups is 2. The third kappa shape index (κ3) is 8.10. The number of hydrogen-bond donors (Lipinski definition) is 4. The van der Waals surface area contributed by atoms with Gasteiger partial charge in [-0.05, 0) is 42.5 Å². The number of rotatable bonds is 4. The van der Waals surface area contributed by atoms with Gasteiger partial charge in [0, 0.05) is 13.2 Å². The Morgan fingerprint density at radius 2 is 1.04 bits per heavy atom. The van der Waals surface area contributed by atoms with Crippen molar-refractivity contribution >= 4 is 11.9 Å². The van der Waals surface area contributed by atoms with E-state index in [-0.39, 0.29) is 13.2 Å². The molecular weight excluding hydrogens is 324 g/mol. The van der Waals surface area contributed by atoms with E-state index in [2.05, 4.69) is 0 Å². The molecule has 2 aromatic carbocycles. The smallest absolute Gasteiger partial charge is 0.335 e. The van der Waals surface area contributed by atoms with Crippen LogP contribution in [0.3, 0.4) is 0 Å². The second-order valence-electron chi connectivity index (χ2n) is 5.46. The van der Waals surface area contributed by atoms with Crippen molar-refractivity contribution in [3.8, 4) is 0 Å². The molecule has 25 heavy (non-hydrogen) atoms. The van der Waals surface area contributed by atoms with E-state index in [0.29, 0.717) is 23.0 Å². The number of aliphatic hydroxyl groups excluding tert-OH is 2. The highest BCUT2D eigenvalue weighted by molar-refractivity contribution is 5.87. The second-order valence-corrected chi connectivity index (χ2v) is 5.46. The van der Waals surface area contributed by atoms with Gasteiger partial charge in [0.15, 0.2) is 0 Å². The maximum absolute atomic E-state index is 10.2. The summed E-state index contributed by atoms with van der Waals surface area (Å²) in [6.45, 7) is 0.510. The Kier molecular flexibility index (Phi) is 8.92. The van der Waals surface area contributed by atoms with Crippen LogP contribution in [0, 0.1) is 11.8 Å². The summed E-state index contributed by atoms with van der Waals surface area (Å²) in [6, 6.07) is 16.6. The van der Waals surface area contributed by atoms with Crippen molar-refractivity contribution in [1.82, 2.24) is 0 Å². The maximum Gasteiger partial charge on any atom is 0.335 e. The van der Waals surface area contributed by atoms with Crippen LogP contribution in [0.1, 0.15) is 27.1 Å². The molecule has 0 amide bonds. The lowest BCUT2D eigenvalue weighted by atomic mass is 10.2. The zero-order chi connectivity index (χ0) is 18.7. The Hall–Kier alpha value is -2.70. The summed E-state index contributed by atoms with van der Waals surface area (Å²) in [5, 5.41) is 33.6. The van der Waals surface area contributed by atoms with Gasteiger partial charge in [-0.25, -0.2) is 9.59 Å². The molecule has 0 bridgehead atoms. The number of carbonyl (C=O) groups is 2. The Balaban J connectivity index is 0.000000189. The van der Waals surface area contributed by atoms with E-state index in [1.165, 1.54) is 0 Å². The number of hydrogen-bond acceptors (Lipinski definition) is 4. The van der Waals surface area contributed by atoms with Gasteiger partial charge in [0.25, 0.3) is 0 Å². The first-order valence-corrected chi connectivity index (χ1v) is 7.78. The molecule has 3 rings (SSSR count). The van der Waals surface area contributed by atoms with Crippen LogP contribution in [-0.2, 0) is 0 Å². The zero-order valence-electron chi connectivity index (χ0n) is 13.7. The third-order valence-electron chi connectivity index (χ3n) is 3.58. The molecule has 0 radical (unpaired) electrons. The molecule has 6 nitrogen and oxygen atoms in total. The quantitative estimate of drug-likeness (QED) is 0.676. The average Bonchev–Trinajstić information content (AvgIpc) is 3.43. The third-order valence-corrected chi connectivity index (χ3v) is 3.58. The molecule has 0 heterocycles. The highest BCUT2D eigenvalue weighted by Crippen LogP contribution is 2.36. The Morgan fingerprint density at radius 1 is 0.720 bits per heavy atom. The van der Waals surface area contributed by atoms with Gasteiger partial charge in [-0.3, -0.25) is 0 Å². The van der Waals surface area contributed by atoms with Gasteiger partial charge in [0.2, 0.25) is 0 Å². The van der Waals surface area contributed by atoms with Crippen LogP contribution in [0.5, 0.6) is 0 Å². The molecule has 0 aliphatic heterocycles. The van der Waals surface area contributed by atoms with E-state index >= 15 is 0 Å². The summed E-state index contributed by atoms with van der Waals surface area (Å²) in [4.78, 5) is 20.4. The van der Waals surface area contributed by atoms with Gasteiger partial charge in [-0.15, -0.1) is 0 Å². The van der Waals surface area contributed by atoms with E-state index in [1.807, 2.05) is 0 Å². The normalized spacial score (nSPS) is 17.2. The Labute approximate surface area is 146 Å². The minimum Gasteiger partial charge on any atom is -0.478 e. The molecule has 134 valence electrons. The van der Waals surface area contributed by atoms with Crippen LogP contribution in [0.4, 0.5) is 0 Å². The standard InChI is InChI=1S/2C7H6O2.C5H10O2/c2*8-7(9)6-4-2-1-3-5-6;6-2-4-1-5(4)3-7/h2*1-5H,(H,8,9);4-7H,1-3H2/t;;4-,5+. The van der Waals surface area contributed by atoms with Gasteiger partial charge >= 0.3 is 11.9 Å². The molecule has 0 unspecified atom stereocenters. The van der Waals surface area contributed by atoms with Crippen molar-refractivity contribution in [2.24, 2.45) is 11.8 Å². The number of aromatic carboxylic acids is 2. The highest BCUT2D eigenvalue weighted by atomic mass is 16.4. The number of benzene rings is 2. The fourth-order valence-electron chi connectivity index (χ4n) is 1.92. The van der Waals surface area contributed by atoms with Crippen molar-refractivity contribution in [3.05, 3.63) is 71.8 Å². The summed E-state index contributed by atoms with van der Waals surface area (Å²) in [5.41, 5.74) is 0.662. The first kappa shape index (κ1) is 20.3. The zero-order valence-corrected chi connectivity index (χ0v) is 13.7. The summed E-state index contributed by atoms with van der Waals surface area (Å²) in [7, 11) is 0. The van der Waals surface area contributed by atoms with Gasteiger partial charge in [-0.2, -0.15) is 0 Å². The molecule has 2 atom stereocenters. The monoisotopic (exact) mass is 346 g/mol. The molecule has 1 aliphatic rings. The van der Waals surface area contributed by atoms with E-state index < -0.39 is 11.9 Å². The molecule has 1 saturated carbocycles. The highest BCUT2D eigenvalue weighted by Gasteiger charge is 2.35. The average molecular weight is 346 g/mol. The van der Waals surface area contributed by atoms with Crippen LogP contribution in [0.2, 0.25) is 0 Å². The van der Waals surface area contributed by atoms with Crippen molar-refractivity contribution in [2.45, 2.75) is 6.42 Å². The van der Waals surface area contributed by atoms with Gasteiger partial charge in [0.1, 0.15) is 0 Å². The first-order valence-electron chi connectivity index (χ1n) is 7.78. The van der Waals surface area contributed by atoms with Crippen molar-refractivity contribution in [1.29, 1.82) is 0 Å². The van der Waals surface area contributed by atoms with E-state index in [9.17, 15) is 9.59 Å². The van der Waals surface area contributed by atoms with Crippen LogP contribution in [0.15, 0.2) is 60.7 Å². The molecule has 6 heteroatoms. The topological polar surface area (TPSA) is 115 Å². The molecule has 0 spiro atoms. The van der Waals surface area contributed by atoms with Gasteiger partial charge in [0.05, 0.1) is 11.1 Å². The predicted octanol–water partition coefficient (Wildman–Crippen LogP) is 2.38. The van der Waals surface area contributed by atoms with Crippen LogP contribution in [0.25, 0.3) is 0 Å². The summed E-state index contributed by atoms with van der Waals surface area (Å²) in [5.74, 6) is -0.916. The molecule has 1 fully saturated rings. The van der Waals surface area contributed by atoms with Crippen molar-refractivity contribution in [3.63, 3.8) is 0 Å². The molecule has 2 aromatic rings. The van der Waals surface area contributed by atoms with Crippen molar-refractivity contribution < 1.29 is 30.0 Å². The number of carboxylic acids is 2. The van der Waals surface area contributed by atoms with Crippen molar-refractivity contribution in [2.75, 3.05) is 13.2 Å². The van der Waals surface area contributed by atoms with E-state index in [0.717, 1.165) is 6.42 Å². The van der Waals surface area contributed by atoms with E-state index in [4.69, 9.17) is 20.4 Å². The Morgan fingerprint density at radius 3 is 1.20 bits per heavy atom. The molecule has 0 saturated heterocycles. The molecule has 0 aromatic heterocycles. The lowest BCUT2D eigenvalue weighted by molar-refractivity contribution is 0.0686. The van der Waals surface area contributed by atoms with Gasteiger partial charge in [-0.1, -0.05) is 36.4 Å². The summed E-state index contributed by atoms with van der Waals surface area (Å²) < 4.78 is 0. The lowest BCUT2D eigenvalue weighted by Gasteiger charge is -1.88. The van der Waals surface area contributed by atoms with Crippen LogP contribution >= 0.6 is 0 Å². The molecule has 1 aliphatic carbocycles. The summed E-state index contributed by atoms with van der Waals surface area (Å²) in [6.07, 6.45) is 1.02. The van der Waals surface area contributed by atoms with Crippen LogP contribution < -0.4 is 0 Å². The van der Waals surface area contributed by atoms with Crippen LogP contribution in [-0.4, -0.2) is 45.6 Å². The largest absolute Gasteiger partial charge is 0.478 e. The molecular formula is C19H22O6. The SMILES string of the molecule is O=C(O)c1ccccc1.O=C(O)c1ccccc1.OC[C@@H]1C[C@@H]1CO. The van der Waals surface area contributed by atoms with Gasteiger partial charge < -0.3 is 20.4 Å². The minimum atomic E-state index is -0.879. The minimum absolute atomic E-state index is 0.255. The first-order chi connectivity index (χ1) is 12.0. The second kappa shape index (κ2) is 11.0. The molecule has 4 N–H and O–H groups in total. The number of carboxylic acid groups (broad SMARTS) is 2. The maximum atomic E-state index is 10.2. The summed E-state index contributed by atoms with van der Waals surface area (Å²) >= 11 is 0. The lowest BCUT2D eigenvalue weighted by Crippen LogP contribution is -1.93. The fourth-order valence-corrected chi connectivity index (χ4v) is 1.92. The fraction of sp³-hybridized carbons (Fsp3) is 0.263. The van der Waals surface area contributed by atoms with E-state index in [1.54, 1.807) is 60.7 Å². The predicted molar refractivity (Wildman–Crippen MR) is 92.6 cm³/mol. The Bertz CT molecular complexity index is 584.